The van der Waals surface area contributed by atoms with Gasteiger partial charge in [0.15, 0.2) is 0 Å². The van der Waals surface area contributed by atoms with Gasteiger partial charge in [-0.2, -0.15) is 0 Å². The molecule has 14 heavy (non-hydrogen) atoms. The zero-order chi connectivity index (χ0) is 10.6. The molecule has 0 N–H and O–H groups in total. The Morgan fingerprint density at radius 2 is 1.79 bits per heavy atom. The average Bonchev–Trinajstić information content (AvgIpc) is 2.29. The van der Waals surface area contributed by atoms with Crippen molar-refractivity contribution in [3.05, 3.63) is 30.3 Å². The summed E-state index contributed by atoms with van der Waals surface area (Å²) in [5.41, 5.74) is 0. The third kappa shape index (κ3) is 7.30. The van der Waals surface area contributed by atoms with E-state index in [2.05, 4.69) is 12.1 Å². The Hall–Kier alpha value is -0.120. The van der Waals surface area contributed by atoms with Gasteiger partial charge >= 0.3 is 0 Å². The normalized spacial score (nSPS) is 9.07. The molecule has 0 amide bonds. The molecule has 0 atom stereocenters. The van der Waals surface area contributed by atoms with Gasteiger partial charge in [-0.3, -0.25) is 0 Å². The quantitative estimate of drug-likeness (QED) is 0.420. The zero-order valence-corrected chi connectivity index (χ0v) is 10.7. The fraction of sp³-hybridized carbons (Fsp3) is 0.455. The summed E-state index contributed by atoms with van der Waals surface area (Å²) in [5.74, 6) is 0.760. The summed E-state index contributed by atoms with van der Waals surface area (Å²) >= 11 is 0. The Morgan fingerprint density at radius 3 is 2.36 bits per heavy atom. The van der Waals surface area contributed by atoms with Crippen molar-refractivity contribution >= 4 is 21.6 Å². The maximum Gasteiger partial charge on any atom is 0.102 e. The van der Waals surface area contributed by atoms with Crippen LogP contribution in [0.1, 0.15) is 20.8 Å². The molecule has 1 rings (SSSR count). The highest BCUT2D eigenvalue weighted by Gasteiger charge is 1.91. The molecule has 1 aromatic rings. The third-order valence-electron chi connectivity index (χ3n) is 1.23. The summed E-state index contributed by atoms with van der Waals surface area (Å²) in [5, 5.41) is 0. The van der Waals surface area contributed by atoms with Crippen LogP contribution in [-0.4, -0.2) is 12.5 Å². The van der Waals surface area contributed by atoms with Crippen LogP contribution in [0.15, 0.2) is 35.2 Å². The van der Waals surface area contributed by atoms with Gasteiger partial charge in [-0.15, -0.1) is 0 Å². The molecule has 0 aromatic heterocycles. The van der Waals surface area contributed by atoms with Crippen molar-refractivity contribution < 1.29 is 4.74 Å². The van der Waals surface area contributed by atoms with E-state index < -0.39 is 0 Å². The number of hydrogen-bond acceptors (Lipinski definition) is 3. The van der Waals surface area contributed by atoms with Gasteiger partial charge in [0, 0.05) is 11.5 Å². The van der Waals surface area contributed by atoms with Gasteiger partial charge in [-0.05, 0) is 19.1 Å². The smallest absolute Gasteiger partial charge is 0.102 e. The maximum absolute atomic E-state index is 5.20. The second kappa shape index (κ2) is 11.0. The van der Waals surface area contributed by atoms with Gasteiger partial charge in [0.2, 0.25) is 0 Å². The molecule has 0 fully saturated rings. The van der Waals surface area contributed by atoms with Crippen molar-refractivity contribution in [3.8, 4) is 0 Å². The number of ether oxygens (including phenoxy) is 1. The van der Waals surface area contributed by atoms with Crippen LogP contribution in [0.5, 0.6) is 0 Å². The first-order valence-corrected chi connectivity index (χ1v) is 7.17. The molecule has 0 heterocycles. The lowest BCUT2D eigenvalue weighted by molar-refractivity contribution is 0.200. The first kappa shape index (κ1) is 13.9. The molecule has 0 spiro atoms. The second-order valence-corrected chi connectivity index (χ2v) is 4.44. The Kier molecular flexibility index (Phi) is 10.9. The van der Waals surface area contributed by atoms with Crippen molar-refractivity contribution in [2.45, 2.75) is 25.7 Å². The standard InChI is InChI=1S/C9H12OS2.C2H6/c1-2-10-8-11-12-9-6-4-3-5-7-9;1-2/h3-7H,2,8H2,1H3;1-2H3. The molecule has 80 valence electrons. The summed E-state index contributed by atoms with van der Waals surface area (Å²) in [6.45, 7) is 6.80. The van der Waals surface area contributed by atoms with E-state index in [0.29, 0.717) is 0 Å². The van der Waals surface area contributed by atoms with Crippen LogP contribution in [0.4, 0.5) is 0 Å². The minimum Gasteiger partial charge on any atom is -0.370 e. The predicted octanol–water partition coefficient (Wildman–Crippen LogP) is 4.45. The van der Waals surface area contributed by atoms with Crippen molar-refractivity contribution in [2.24, 2.45) is 0 Å². The number of rotatable bonds is 5. The Balaban J connectivity index is 0.000000791. The average molecular weight is 230 g/mol. The lowest BCUT2D eigenvalue weighted by Crippen LogP contribution is -1.85. The van der Waals surface area contributed by atoms with Crippen LogP contribution in [-0.2, 0) is 4.74 Å². The summed E-state index contributed by atoms with van der Waals surface area (Å²) in [4.78, 5) is 1.28. The monoisotopic (exact) mass is 230 g/mol. The van der Waals surface area contributed by atoms with E-state index in [1.807, 2.05) is 39.0 Å². The van der Waals surface area contributed by atoms with E-state index in [-0.39, 0.29) is 0 Å². The third-order valence-corrected chi connectivity index (χ3v) is 3.30. The van der Waals surface area contributed by atoms with Crippen LogP contribution >= 0.6 is 21.6 Å². The second-order valence-electron chi connectivity index (χ2n) is 2.12. The molecular formula is C11H18OS2. The van der Waals surface area contributed by atoms with Gasteiger partial charge in [-0.1, -0.05) is 53.6 Å². The van der Waals surface area contributed by atoms with Crippen molar-refractivity contribution in [1.82, 2.24) is 0 Å². The van der Waals surface area contributed by atoms with E-state index in [0.717, 1.165) is 12.5 Å². The number of hydrogen-bond donors (Lipinski definition) is 0. The molecule has 0 aliphatic rings. The molecule has 0 bridgehead atoms. The highest BCUT2D eigenvalue weighted by Crippen LogP contribution is 2.30. The topological polar surface area (TPSA) is 9.23 Å². The first-order valence-electron chi connectivity index (χ1n) is 4.85. The molecule has 0 aliphatic carbocycles. The fourth-order valence-electron chi connectivity index (χ4n) is 0.686. The molecular weight excluding hydrogens is 212 g/mol. The first-order chi connectivity index (χ1) is 6.93. The van der Waals surface area contributed by atoms with Crippen LogP contribution in [0, 0.1) is 0 Å². The highest BCUT2D eigenvalue weighted by atomic mass is 33.1. The summed E-state index contributed by atoms with van der Waals surface area (Å²) < 4.78 is 5.20. The van der Waals surface area contributed by atoms with E-state index in [9.17, 15) is 0 Å². The van der Waals surface area contributed by atoms with Crippen LogP contribution in [0.25, 0.3) is 0 Å². The van der Waals surface area contributed by atoms with Crippen LogP contribution in [0.2, 0.25) is 0 Å². The number of benzene rings is 1. The van der Waals surface area contributed by atoms with E-state index in [1.165, 1.54) is 4.90 Å². The minimum absolute atomic E-state index is 0.760. The van der Waals surface area contributed by atoms with Crippen molar-refractivity contribution in [1.29, 1.82) is 0 Å². The van der Waals surface area contributed by atoms with Crippen LogP contribution < -0.4 is 0 Å². The minimum atomic E-state index is 0.760. The van der Waals surface area contributed by atoms with Gasteiger partial charge in [0.25, 0.3) is 0 Å². The molecule has 0 unspecified atom stereocenters. The summed E-state index contributed by atoms with van der Waals surface area (Å²) in [7, 11) is 3.48. The van der Waals surface area contributed by atoms with Gasteiger partial charge < -0.3 is 4.74 Å². The van der Waals surface area contributed by atoms with E-state index in [1.54, 1.807) is 21.6 Å². The molecule has 0 saturated carbocycles. The lowest BCUT2D eigenvalue weighted by atomic mass is 10.4. The Morgan fingerprint density at radius 1 is 1.14 bits per heavy atom. The summed E-state index contributed by atoms with van der Waals surface area (Å²) in [6.07, 6.45) is 0. The fourth-order valence-corrected chi connectivity index (χ4v) is 2.46. The van der Waals surface area contributed by atoms with Gasteiger partial charge in [0.1, 0.15) is 5.94 Å². The summed E-state index contributed by atoms with van der Waals surface area (Å²) in [6, 6.07) is 10.3. The maximum atomic E-state index is 5.20. The predicted molar refractivity (Wildman–Crippen MR) is 67.7 cm³/mol. The zero-order valence-electron chi connectivity index (χ0n) is 9.03. The molecule has 0 aliphatic heterocycles. The van der Waals surface area contributed by atoms with Crippen molar-refractivity contribution in [2.75, 3.05) is 12.5 Å². The molecule has 1 nitrogen and oxygen atoms in total. The Bertz CT molecular complexity index is 202. The van der Waals surface area contributed by atoms with E-state index in [4.69, 9.17) is 4.74 Å². The largest absolute Gasteiger partial charge is 0.370 e. The lowest BCUT2D eigenvalue weighted by Gasteiger charge is -1.99. The molecule has 1 aromatic carbocycles. The molecule has 0 radical (unpaired) electrons. The molecule has 0 saturated heterocycles. The van der Waals surface area contributed by atoms with Crippen LogP contribution in [0.3, 0.4) is 0 Å². The van der Waals surface area contributed by atoms with Gasteiger partial charge in [0.05, 0.1) is 0 Å². The Labute approximate surface area is 95.0 Å². The SMILES string of the molecule is CC.CCOCSSc1ccccc1. The molecule has 3 heteroatoms. The van der Waals surface area contributed by atoms with E-state index >= 15 is 0 Å². The van der Waals surface area contributed by atoms with Gasteiger partial charge in [-0.25, -0.2) is 0 Å². The highest BCUT2D eigenvalue weighted by molar-refractivity contribution is 8.76. The van der Waals surface area contributed by atoms with Crippen molar-refractivity contribution in [3.63, 3.8) is 0 Å².